The van der Waals surface area contributed by atoms with Gasteiger partial charge in [0.15, 0.2) is 0 Å². The molecule has 0 saturated heterocycles. The smallest absolute Gasteiger partial charge is 0.284 e. The number of ether oxygens (including phenoxy) is 2. The molecule has 2 rings (SSSR count). The molecule has 0 heterocycles. The number of halogens is 1. The molecule has 132 valence electrons. The topological polar surface area (TPSA) is 81.9 Å². The summed E-state index contributed by atoms with van der Waals surface area (Å²) in [6.45, 7) is 0.641. The molecule has 2 aromatic rings. The van der Waals surface area contributed by atoms with Crippen molar-refractivity contribution in [1.29, 1.82) is 0 Å². The number of methoxy groups -OCH3 is 1. The fourth-order valence-electron chi connectivity index (χ4n) is 2.08. The van der Waals surface area contributed by atoms with E-state index in [1.807, 2.05) is 0 Å². The van der Waals surface area contributed by atoms with E-state index in [2.05, 4.69) is 15.9 Å². The van der Waals surface area contributed by atoms with E-state index in [4.69, 9.17) is 9.47 Å². The Morgan fingerprint density at radius 1 is 1.20 bits per heavy atom. The first-order valence-electron chi connectivity index (χ1n) is 7.38. The van der Waals surface area contributed by atoms with Crippen molar-refractivity contribution in [1.82, 2.24) is 4.90 Å². The standard InChI is InChI=1S/C17H17BrN2O5/c1-19(9-10-25-14-6-4-13(24-2)5-7-14)17(21)12-3-8-15(18)16(11-12)20(22)23/h3-8,11H,9-10H2,1-2H3. The number of amides is 1. The van der Waals surface area contributed by atoms with Crippen LogP contribution in [0.1, 0.15) is 10.4 Å². The van der Waals surface area contributed by atoms with Crippen molar-refractivity contribution in [2.75, 3.05) is 27.3 Å². The number of benzene rings is 2. The van der Waals surface area contributed by atoms with Gasteiger partial charge >= 0.3 is 0 Å². The lowest BCUT2D eigenvalue weighted by Gasteiger charge is -2.17. The van der Waals surface area contributed by atoms with Gasteiger partial charge < -0.3 is 14.4 Å². The van der Waals surface area contributed by atoms with E-state index >= 15 is 0 Å². The maximum Gasteiger partial charge on any atom is 0.284 e. The number of hydrogen-bond acceptors (Lipinski definition) is 5. The molecule has 2 aromatic carbocycles. The average Bonchev–Trinajstić information content (AvgIpc) is 2.61. The van der Waals surface area contributed by atoms with Crippen LogP contribution in [0.4, 0.5) is 5.69 Å². The summed E-state index contributed by atoms with van der Waals surface area (Å²) in [5.41, 5.74) is 0.107. The summed E-state index contributed by atoms with van der Waals surface area (Å²) < 4.78 is 11.0. The molecule has 8 heteroatoms. The molecule has 0 radical (unpaired) electrons. The fraction of sp³-hybridized carbons (Fsp3) is 0.235. The Morgan fingerprint density at radius 2 is 1.84 bits per heavy atom. The molecule has 0 fully saturated rings. The van der Waals surface area contributed by atoms with E-state index in [9.17, 15) is 14.9 Å². The van der Waals surface area contributed by atoms with Crippen LogP contribution in [0, 0.1) is 10.1 Å². The van der Waals surface area contributed by atoms with Crippen LogP contribution in [-0.4, -0.2) is 43.0 Å². The molecule has 0 aliphatic heterocycles. The number of carbonyl (C=O) groups is 1. The van der Waals surface area contributed by atoms with E-state index < -0.39 is 4.92 Å². The van der Waals surface area contributed by atoms with Crippen molar-refractivity contribution in [2.45, 2.75) is 0 Å². The third-order valence-corrected chi connectivity index (χ3v) is 4.16. The van der Waals surface area contributed by atoms with E-state index in [0.29, 0.717) is 23.4 Å². The average molecular weight is 409 g/mol. The molecule has 0 bridgehead atoms. The number of nitro groups is 1. The second-order valence-corrected chi connectivity index (χ2v) is 6.03. The van der Waals surface area contributed by atoms with Crippen LogP contribution in [0.2, 0.25) is 0 Å². The van der Waals surface area contributed by atoms with Crippen molar-refractivity contribution in [3.8, 4) is 11.5 Å². The Labute approximate surface area is 153 Å². The Hall–Kier alpha value is -2.61. The molecule has 7 nitrogen and oxygen atoms in total. The minimum absolute atomic E-state index is 0.145. The highest BCUT2D eigenvalue weighted by molar-refractivity contribution is 9.10. The van der Waals surface area contributed by atoms with Crippen molar-refractivity contribution < 1.29 is 19.2 Å². The van der Waals surface area contributed by atoms with Crippen molar-refractivity contribution in [2.24, 2.45) is 0 Å². The fourth-order valence-corrected chi connectivity index (χ4v) is 2.47. The second kappa shape index (κ2) is 8.48. The lowest BCUT2D eigenvalue weighted by atomic mass is 10.2. The Morgan fingerprint density at radius 3 is 2.44 bits per heavy atom. The summed E-state index contributed by atoms with van der Waals surface area (Å²) in [5.74, 6) is 1.09. The van der Waals surface area contributed by atoms with Gasteiger partial charge in [-0.15, -0.1) is 0 Å². The van der Waals surface area contributed by atoms with Crippen LogP contribution in [0.25, 0.3) is 0 Å². The monoisotopic (exact) mass is 408 g/mol. The zero-order valence-electron chi connectivity index (χ0n) is 13.8. The molecule has 0 aromatic heterocycles. The predicted molar refractivity (Wildman–Crippen MR) is 96.2 cm³/mol. The lowest BCUT2D eigenvalue weighted by Crippen LogP contribution is -2.30. The predicted octanol–water partition coefficient (Wildman–Crippen LogP) is 3.52. The summed E-state index contributed by atoms with van der Waals surface area (Å²) >= 11 is 3.10. The number of hydrogen-bond donors (Lipinski definition) is 0. The molecular weight excluding hydrogens is 392 g/mol. The molecule has 0 saturated carbocycles. The minimum atomic E-state index is -0.534. The molecule has 0 atom stereocenters. The normalized spacial score (nSPS) is 10.2. The van der Waals surface area contributed by atoms with Crippen LogP contribution in [0.15, 0.2) is 46.9 Å². The van der Waals surface area contributed by atoms with E-state index in [-0.39, 0.29) is 17.2 Å². The first kappa shape index (κ1) is 18.7. The Balaban J connectivity index is 1.93. The lowest BCUT2D eigenvalue weighted by molar-refractivity contribution is -0.385. The van der Waals surface area contributed by atoms with Gasteiger partial charge in [0.1, 0.15) is 18.1 Å². The summed E-state index contributed by atoms with van der Waals surface area (Å²) in [5, 5.41) is 11.0. The highest BCUT2D eigenvalue weighted by Gasteiger charge is 2.18. The van der Waals surface area contributed by atoms with Crippen LogP contribution < -0.4 is 9.47 Å². The van der Waals surface area contributed by atoms with Crippen LogP contribution in [0.5, 0.6) is 11.5 Å². The van der Waals surface area contributed by atoms with Gasteiger partial charge in [0.25, 0.3) is 11.6 Å². The first-order valence-corrected chi connectivity index (χ1v) is 8.18. The SMILES string of the molecule is COc1ccc(OCCN(C)C(=O)c2ccc(Br)c([N+](=O)[O-])c2)cc1. The van der Waals surface area contributed by atoms with Crippen molar-refractivity contribution in [3.63, 3.8) is 0 Å². The Kier molecular flexibility index (Phi) is 6.35. The Bertz CT molecular complexity index is 764. The number of nitro benzene ring substituents is 1. The maximum atomic E-state index is 12.4. The molecule has 0 aliphatic rings. The minimum Gasteiger partial charge on any atom is -0.497 e. The van der Waals surface area contributed by atoms with E-state index in [1.165, 1.54) is 17.0 Å². The third-order valence-electron chi connectivity index (χ3n) is 3.49. The molecule has 0 spiro atoms. The van der Waals surface area contributed by atoms with Crippen molar-refractivity contribution >= 4 is 27.5 Å². The van der Waals surface area contributed by atoms with Gasteiger partial charge in [-0.2, -0.15) is 0 Å². The van der Waals surface area contributed by atoms with Crippen LogP contribution in [0.3, 0.4) is 0 Å². The number of carbonyl (C=O) groups excluding carboxylic acids is 1. The number of nitrogens with zero attached hydrogens (tertiary/aromatic N) is 2. The second-order valence-electron chi connectivity index (χ2n) is 5.17. The highest BCUT2D eigenvalue weighted by Crippen LogP contribution is 2.26. The summed E-state index contributed by atoms with van der Waals surface area (Å²) in [4.78, 5) is 24.3. The van der Waals surface area contributed by atoms with Gasteiger partial charge in [0.05, 0.1) is 23.1 Å². The largest absolute Gasteiger partial charge is 0.497 e. The van der Waals surface area contributed by atoms with E-state index in [0.717, 1.165) is 5.75 Å². The van der Waals surface area contributed by atoms with Gasteiger partial charge in [0.2, 0.25) is 0 Å². The molecule has 25 heavy (non-hydrogen) atoms. The van der Waals surface area contributed by atoms with Crippen LogP contribution in [-0.2, 0) is 0 Å². The van der Waals surface area contributed by atoms with Crippen LogP contribution >= 0.6 is 15.9 Å². The highest BCUT2D eigenvalue weighted by atomic mass is 79.9. The summed E-state index contributed by atoms with van der Waals surface area (Å²) in [7, 11) is 3.20. The molecule has 1 amide bonds. The maximum absolute atomic E-state index is 12.4. The van der Waals surface area contributed by atoms with E-state index in [1.54, 1.807) is 44.5 Å². The van der Waals surface area contributed by atoms with Gasteiger partial charge in [-0.3, -0.25) is 14.9 Å². The van der Waals surface area contributed by atoms with Gasteiger partial charge in [-0.1, -0.05) is 0 Å². The summed E-state index contributed by atoms with van der Waals surface area (Å²) in [6.07, 6.45) is 0. The van der Waals surface area contributed by atoms with Gasteiger partial charge in [-0.05, 0) is 52.3 Å². The number of likely N-dealkylation sites (N-methyl/N-ethyl adjacent to an activating group) is 1. The first-order chi connectivity index (χ1) is 11.9. The quantitative estimate of drug-likeness (QED) is 0.516. The molecule has 0 aliphatic carbocycles. The zero-order valence-corrected chi connectivity index (χ0v) is 15.4. The zero-order chi connectivity index (χ0) is 18.4. The number of rotatable bonds is 7. The molecular formula is C17H17BrN2O5. The van der Waals surface area contributed by atoms with Crippen molar-refractivity contribution in [3.05, 3.63) is 62.6 Å². The molecule has 0 unspecified atom stereocenters. The third kappa shape index (κ3) is 4.93. The molecule has 0 N–H and O–H groups in total. The summed E-state index contributed by atoms with van der Waals surface area (Å²) in [6, 6.07) is 11.4. The van der Waals surface area contributed by atoms with Gasteiger partial charge in [0, 0.05) is 18.7 Å². The van der Waals surface area contributed by atoms with Gasteiger partial charge in [-0.25, -0.2) is 0 Å².